The molecule has 0 fully saturated rings. The number of hydrogen-bond donors (Lipinski definition) is 0. The highest BCUT2D eigenvalue weighted by atomic mass is 35.5. The number of aromatic nitrogens is 3. The van der Waals surface area contributed by atoms with Crippen molar-refractivity contribution in [3.63, 3.8) is 0 Å². The van der Waals surface area contributed by atoms with Crippen molar-refractivity contribution in [2.24, 2.45) is 0 Å². The molecule has 158 valence electrons. The first kappa shape index (κ1) is 22.7. The molecule has 0 radical (unpaired) electrons. The maximum atomic E-state index is 11.6. The lowest BCUT2D eigenvalue weighted by Crippen LogP contribution is -2.13. The van der Waals surface area contributed by atoms with E-state index in [2.05, 4.69) is 23.4 Å². The quantitative estimate of drug-likeness (QED) is 0.372. The van der Waals surface area contributed by atoms with Gasteiger partial charge in [-0.15, -0.1) is 0 Å². The second-order valence-electron chi connectivity index (χ2n) is 7.22. The Labute approximate surface area is 190 Å². The van der Waals surface area contributed by atoms with Crippen molar-refractivity contribution in [3.8, 4) is 0 Å². The van der Waals surface area contributed by atoms with E-state index in [0.29, 0.717) is 22.4 Å². The highest BCUT2D eigenvalue weighted by Crippen LogP contribution is 2.38. The zero-order chi connectivity index (χ0) is 21.8. The van der Waals surface area contributed by atoms with Gasteiger partial charge in [0.05, 0.1) is 12.2 Å². The number of carbonyl (C=O) groups excluding carboxylic acids is 1. The molecular formula is C22H23Cl2N3O2S. The number of hydrogen-bond acceptors (Lipinski definition) is 5. The molecule has 3 aromatic rings. The average Bonchev–Trinajstić information content (AvgIpc) is 3.00. The summed E-state index contributed by atoms with van der Waals surface area (Å²) in [5, 5.41) is 2.11. The number of rotatable bonds is 7. The summed E-state index contributed by atoms with van der Waals surface area (Å²) in [5.74, 6) is 0.522. The number of esters is 1. The molecule has 2 heterocycles. The zero-order valence-electron chi connectivity index (χ0n) is 17.2. The highest BCUT2D eigenvalue weighted by molar-refractivity contribution is 7.99. The van der Waals surface area contributed by atoms with Crippen LogP contribution in [0.2, 0.25) is 10.0 Å². The van der Waals surface area contributed by atoms with E-state index in [1.165, 1.54) is 6.92 Å². The largest absolute Gasteiger partial charge is 0.455 e. The van der Waals surface area contributed by atoms with Gasteiger partial charge in [0.1, 0.15) is 5.03 Å². The molecule has 0 aliphatic carbocycles. The molecule has 0 N–H and O–H groups in total. The maximum Gasteiger partial charge on any atom is 0.303 e. The lowest BCUT2D eigenvalue weighted by Gasteiger charge is -2.17. The molecule has 8 heteroatoms. The molecule has 0 saturated carbocycles. The van der Waals surface area contributed by atoms with Gasteiger partial charge in [-0.2, -0.15) is 0 Å². The fourth-order valence-electron chi connectivity index (χ4n) is 3.09. The van der Waals surface area contributed by atoms with Gasteiger partial charge in [-0.3, -0.25) is 9.78 Å². The lowest BCUT2D eigenvalue weighted by molar-refractivity contribution is -0.146. The van der Waals surface area contributed by atoms with Crippen molar-refractivity contribution in [1.29, 1.82) is 0 Å². The van der Waals surface area contributed by atoms with Crippen molar-refractivity contribution in [2.75, 3.05) is 0 Å². The molecule has 2 aromatic heterocycles. The maximum absolute atomic E-state index is 11.6. The van der Waals surface area contributed by atoms with Gasteiger partial charge < -0.3 is 9.30 Å². The van der Waals surface area contributed by atoms with Crippen molar-refractivity contribution in [1.82, 2.24) is 14.5 Å². The average molecular weight is 464 g/mol. The van der Waals surface area contributed by atoms with E-state index in [4.69, 9.17) is 32.9 Å². The van der Waals surface area contributed by atoms with Gasteiger partial charge in [0.15, 0.2) is 11.9 Å². The summed E-state index contributed by atoms with van der Waals surface area (Å²) in [7, 11) is 0. The van der Waals surface area contributed by atoms with Crippen LogP contribution >= 0.6 is 35.0 Å². The third kappa shape index (κ3) is 5.56. The fraction of sp³-hybridized carbons (Fsp3) is 0.318. The van der Waals surface area contributed by atoms with E-state index in [-0.39, 0.29) is 11.9 Å². The predicted molar refractivity (Wildman–Crippen MR) is 120 cm³/mol. The Balaban J connectivity index is 2.13. The Hall–Kier alpha value is -2.02. The molecule has 0 bridgehead atoms. The normalized spacial score (nSPS) is 12.2. The SMILES string of the molecule is CC(=O)OC(C)c1nc(C(C)C)c(Sc2cc(Cl)cc(Cl)c2)n1Cc1ccncc1. The summed E-state index contributed by atoms with van der Waals surface area (Å²) in [4.78, 5) is 21.5. The van der Waals surface area contributed by atoms with Gasteiger partial charge >= 0.3 is 5.97 Å². The van der Waals surface area contributed by atoms with Gasteiger partial charge in [-0.05, 0) is 48.7 Å². The Kier molecular flexibility index (Phi) is 7.45. The smallest absolute Gasteiger partial charge is 0.303 e. The Morgan fingerprint density at radius 2 is 1.77 bits per heavy atom. The standard InChI is InChI=1S/C22H23Cl2N3O2S/c1-13(2)20-22(30-19-10-17(23)9-18(24)11-19)27(12-16-5-7-25-8-6-16)21(26-20)14(3)29-15(4)28/h5-11,13-14H,12H2,1-4H3. The third-order valence-electron chi connectivity index (χ3n) is 4.37. The van der Waals surface area contributed by atoms with Crippen LogP contribution in [0.15, 0.2) is 52.6 Å². The first-order valence-corrected chi connectivity index (χ1v) is 11.1. The summed E-state index contributed by atoms with van der Waals surface area (Å²) >= 11 is 14.0. The van der Waals surface area contributed by atoms with Crippen LogP contribution in [0.25, 0.3) is 0 Å². The zero-order valence-corrected chi connectivity index (χ0v) is 19.6. The molecule has 0 aliphatic heterocycles. The molecule has 30 heavy (non-hydrogen) atoms. The van der Waals surface area contributed by atoms with Gasteiger partial charge in [0.2, 0.25) is 0 Å². The van der Waals surface area contributed by atoms with Crippen LogP contribution in [-0.2, 0) is 16.1 Å². The number of halogens is 2. The number of benzene rings is 1. The highest BCUT2D eigenvalue weighted by Gasteiger charge is 2.25. The van der Waals surface area contributed by atoms with E-state index in [1.807, 2.05) is 31.2 Å². The molecule has 1 unspecified atom stereocenters. The summed E-state index contributed by atoms with van der Waals surface area (Å²) in [5.41, 5.74) is 2.00. The number of nitrogens with zero attached hydrogens (tertiary/aromatic N) is 3. The van der Waals surface area contributed by atoms with Crippen LogP contribution in [0.4, 0.5) is 0 Å². The van der Waals surface area contributed by atoms with E-state index in [1.54, 1.807) is 30.2 Å². The van der Waals surface area contributed by atoms with Crippen molar-refractivity contribution in [3.05, 3.63) is 69.9 Å². The van der Waals surface area contributed by atoms with E-state index >= 15 is 0 Å². The molecule has 0 amide bonds. The van der Waals surface area contributed by atoms with E-state index in [0.717, 1.165) is 21.2 Å². The minimum atomic E-state index is -0.487. The Morgan fingerprint density at radius 3 is 2.33 bits per heavy atom. The summed E-state index contributed by atoms with van der Waals surface area (Å²) in [6.45, 7) is 7.99. The third-order valence-corrected chi connectivity index (χ3v) is 5.90. The number of imidazole rings is 1. The molecule has 1 aromatic carbocycles. The minimum absolute atomic E-state index is 0.170. The number of carbonyl (C=O) groups is 1. The molecule has 1 atom stereocenters. The van der Waals surface area contributed by atoms with Crippen LogP contribution in [0.5, 0.6) is 0 Å². The molecule has 0 aliphatic rings. The van der Waals surface area contributed by atoms with Crippen molar-refractivity contribution < 1.29 is 9.53 Å². The monoisotopic (exact) mass is 463 g/mol. The minimum Gasteiger partial charge on any atom is -0.455 e. The molecule has 5 nitrogen and oxygen atoms in total. The molecule has 0 spiro atoms. The van der Waals surface area contributed by atoms with Crippen molar-refractivity contribution >= 4 is 40.9 Å². The first-order chi connectivity index (χ1) is 14.2. The van der Waals surface area contributed by atoms with Gasteiger partial charge in [-0.25, -0.2) is 4.98 Å². The lowest BCUT2D eigenvalue weighted by atomic mass is 10.1. The number of pyridine rings is 1. The van der Waals surface area contributed by atoms with Gasteiger partial charge in [0.25, 0.3) is 0 Å². The van der Waals surface area contributed by atoms with Gasteiger partial charge in [-0.1, -0.05) is 48.8 Å². The van der Waals surface area contributed by atoms with Crippen molar-refractivity contribution in [2.45, 2.75) is 56.2 Å². The van der Waals surface area contributed by atoms with E-state index < -0.39 is 6.10 Å². The fourth-order valence-corrected chi connectivity index (χ4v) is 5.00. The summed E-state index contributed by atoms with van der Waals surface area (Å²) < 4.78 is 7.56. The van der Waals surface area contributed by atoms with Crippen LogP contribution in [0, 0.1) is 0 Å². The van der Waals surface area contributed by atoms with Gasteiger partial charge in [0, 0.05) is 34.3 Å². The predicted octanol–water partition coefficient (Wildman–Crippen LogP) is 6.53. The summed E-state index contributed by atoms with van der Waals surface area (Å²) in [6, 6.07) is 9.38. The molecule has 0 saturated heterocycles. The van der Waals surface area contributed by atoms with E-state index in [9.17, 15) is 4.79 Å². The second-order valence-corrected chi connectivity index (χ2v) is 9.15. The summed E-state index contributed by atoms with van der Waals surface area (Å²) in [6.07, 6.45) is 3.03. The Morgan fingerprint density at radius 1 is 1.13 bits per heavy atom. The number of ether oxygens (including phenoxy) is 1. The van der Waals surface area contributed by atoms with Crippen LogP contribution in [0.1, 0.15) is 56.8 Å². The van der Waals surface area contributed by atoms with Crippen LogP contribution < -0.4 is 0 Å². The first-order valence-electron chi connectivity index (χ1n) is 9.55. The second kappa shape index (κ2) is 9.86. The Bertz CT molecular complexity index is 1020. The van der Waals surface area contributed by atoms with Crippen LogP contribution in [-0.4, -0.2) is 20.5 Å². The topological polar surface area (TPSA) is 57.0 Å². The van der Waals surface area contributed by atoms with Crippen LogP contribution in [0.3, 0.4) is 0 Å². The molecule has 3 rings (SSSR count). The molecular weight excluding hydrogens is 441 g/mol.